The van der Waals surface area contributed by atoms with Gasteiger partial charge in [-0.05, 0) is 57.6 Å². The molecule has 12 nitrogen and oxygen atoms in total. The van der Waals surface area contributed by atoms with E-state index in [1.165, 1.54) is 0 Å². The average molecular weight is 635 g/mol. The van der Waals surface area contributed by atoms with Crippen molar-refractivity contribution in [1.29, 1.82) is 0 Å². The van der Waals surface area contributed by atoms with E-state index >= 15 is 0 Å². The molecule has 1 amide bonds. The Morgan fingerprint density at radius 1 is 1.00 bits per heavy atom. The zero-order chi connectivity index (χ0) is 31.7. The molecule has 2 bridgehead atoms. The van der Waals surface area contributed by atoms with Crippen molar-refractivity contribution in [1.82, 2.24) is 19.8 Å². The van der Waals surface area contributed by atoms with Gasteiger partial charge in [-0.1, -0.05) is 30.3 Å². The predicted molar refractivity (Wildman–Crippen MR) is 172 cm³/mol. The summed E-state index contributed by atoms with van der Waals surface area (Å²) in [6.07, 6.45) is 7.67. The molecule has 12 heteroatoms. The molecule has 3 fully saturated rings. The van der Waals surface area contributed by atoms with E-state index in [-0.39, 0.29) is 36.8 Å². The first kappa shape index (κ1) is 32.2. The first-order chi connectivity index (χ1) is 22.6. The lowest BCUT2D eigenvalue weighted by Gasteiger charge is -2.41. The van der Waals surface area contributed by atoms with Crippen LogP contribution in [0.1, 0.15) is 62.3 Å². The maximum atomic E-state index is 13.2. The molecule has 5 heterocycles. The van der Waals surface area contributed by atoms with Crippen molar-refractivity contribution in [3.05, 3.63) is 47.2 Å². The number of fused-ring (bicyclic) bond motifs is 3. The molecule has 4 aliphatic rings. The minimum absolute atomic E-state index is 0.0791. The Bertz CT molecular complexity index is 1350. The number of aliphatic imine (C=N–C) groups is 1. The number of amides is 1. The smallest absolute Gasteiger partial charge is 0.410 e. The van der Waals surface area contributed by atoms with Gasteiger partial charge in [-0.25, -0.2) is 4.79 Å². The van der Waals surface area contributed by atoms with Crippen molar-refractivity contribution in [3.8, 4) is 6.01 Å². The van der Waals surface area contributed by atoms with Gasteiger partial charge in [0.25, 0.3) is 0 Å². The molecule has 6 rings (SSSR count). The number of anilines is 1. The molecule has 2 aromatic rings. The molecule has 0 aliphatic carbocycles. The molecule has 248 valence electrons. The summed E-state index contributed by atoms with van der Waals surface area (Å²) in [5.41, 5.74) is 2.92. The summed E-state index contributed by atoms with van der Waals surface area (Å²) in [4.78, 5) is 45.6. The van der Waals surface area contributed by atoms with Gasteiger partial charge >= 0.3 is 18.1 Å². The highest BCUT2D eigenvalue weighted by molar-refractivity contribution is 5.83. The molecule has 3 saturated heterocycles. The molecule has 0 spiro atoms. The van der Waals surface area contributed by atoms with Gasteiger partial charge < -0.3 is 23.8 Å². The van der Waals surface area contributed by atoms with Crippen LogP contribution < -0.4 is 9.64 Å². The van der Waals surface area contributed by atoms with Crippen LogP contribution in [0.2, 0.25) is 0 Å². The zero-order valence-corrected chi connectivity index (χ0v) is 26.8. The van der Waals surface area contributed by atoms with Crippen molar-refractivity contribution in [2.75, 3.05) is 64.1 Å². The summed E-state index contributed by atoms with van der Waals surface area (Å²) in [7, 11) is 0. The average Bonchev–Trinajstić information content (AvgIpc) is 3.64. The number of esters is 1. The van der Waals surface area contributed by atoms with E-state index < -0.39 is 0 Å². The second kappa shape index (κ2) is 15.7. The Morgan fingerprint density at radius 3 is 2.63 bits per heavy atom. The Labute approximate surface area is 271 Å². The van der Waals surface area contributed by atoms with Crippen LogP contribution in [-0.2, 0) is 32.0 Å². The van der Waals surface area contributed by atoms with Crippen molar-refractivity contribution in [2.45, 2.75) is 76.6 Å². The lowest BCUT2D eigenvalue weighted by atomic mass is 10.1. The van der Waals surface area contributed by atoms with E-state index in [9.17, 15) is 9.59 Å². The minimum Gasteiger partial charge on any atom is -0.466 e. The molecule has 2 unspecified atom stereocenters. The molecule has 0 radical (unpaired) electrons. The molecular formula is C34H46N6O6. The molecular weight excluding hydrogens is 588 g/mol. The van der Waals surface area contributed by atoms with E-state index in [0.29, 0.717) is 58.5 Å². The standard InChI is InChI=1S/C34H46N6O6/c1-2-44-31(41)14-19-43-18-7-17-38-16-6-10-28(38)24-45-33-36-30-20-35-15-13-29(30)32(37-33)39-21-26-11-12-27(22-39)40(26)34(42)46-23-25-8-4-3-5-9-25/h3-5,8-9,20,26-28H,2,6-7,10-19,21-24H2,1H3/t26?,27?,28-/m0/s1. The Balaban J connectivity index is 1.04. The van der Waals surface area contributed by atoms with Crippen LogP contribution >= 0.6 is 0 Å². The third kappa shape index (κ3) is 7.95. The number of likely N-dealkylation sites (tertiary alicyclic amines) is 1. The normalized spacial score (nSPS) is 22.2. The number of benzene rings is 1. The third-order valence-corrected chi connectivity index (χ3v) is 9.29. The first-order valence-electron chi connectivity index (χ1n) is 16.8. The van der Waals surface area contributed by atoms with Crippen LogP contribution in [0, 0.1) is 0 Å². The largest absolute Gasteiger partial charge is 0.466 e. The van der Waals surface area contributed by atoms with E-state index in [1.807, 2.05) is 41.4 Å². The number of piperazine rings is 1. The summed E-state index contributed by atoms with van der Waals surface area (Å²) < 4.78 is 22.6. The number of carbonyl (C=O) groups excluding carboxylic acids is 2. The van der Waals surface area contributed by atoms with Crippen LogP contribution in [-0.4, -0.2) is 115 Å². The lowest BCUT2D eigenvalue weighted by molar-refractivity contribution is -0.144. The zero-order valence-electron chi connectivity index (χ0n) is 26.8. The maximum Gasteiger partial charge on any atom is 0.410 e. The Kier molecular flexibility index (Phi) is 11.0. The highest BCUT2D eigenvalue weighted by Crippen LogP contribution is 2.35. The molecule has 0 saturated carbocycles. The van der Waals surface area contributed by atoms with Gasteiger partial charge in [-0.2, -0.15) is 9.97 Å². The van der Waals surface area contributed by atoms with Crippen molar-refractivity contribution in [3.63, 3.8) is 0 Å². The van der Waals surface area contributed by atoms with Gasteiger partial charge in [0.05, 0.1) is 37.4 Å². The quantitative estimate of drug-likeness (QED) is 0.225. The van der Waals surface area contributed by atoms with Gasteiger partial charge in [-0.15, -0.1) is 0 Å². The third-order valence-electron chi connectivity index (χ3n) is 9.29. The maximum absolute atomic E-state index is 13.2. The SMILES string of the molecule is CCOC(=O)CCOCCCN1CCC[C@H]1COc1nc2c(c(N3CC4CCC(C3)N4C(=O)OCc3ccccc3)n1)CCN=C2. The van der Waals surface area contributed by atoms with Crippen LogP contribution in [0.3, 0.4) is 0 Å². The fourth-order valence-corrected chi connectivity index (χ4v) is 7.05. The van der Waals surface area contributed by atoms with Gasteiger partial charge in [0.15, 0.2) is 0 Å². The number of nitrogens with zero attached hydrogens (tertiary/aromatic N) is 6. The topological polar surface area (TPSA) is 119 Å². The minimum atomic E-state index is -0.235. The van der Waals surface area contributed by atoms with E-state index in [0.717, 1.165) is 74.3 Å². The van der Waals surface area contributed by atoms with E-state index in [2.05, 4.69) is 14.8 Å². The fourth-order valence-electron chi connectivity index (χ4n) is 7.05. The van der Waals surface area contributed by atoms with Gasteiger partial charge in [0, 0.05) is 50.6 Å². The summed E-state index contributed by atoms with van der Waals surface area (Å²) >= 11 is 0. The van der Waals surface area contributed by atoms with Crippen molar-refractivity contribution in [2.24, 2.45) is 4.99 Å². The van der Waals surface area contributed by atoms with Crippen LogP contribution in [0.4, 0.5) is 10.6 Å². The Hall–Kier alpha value is -3.77. The molecule has 4 aliphatic heterocycles. The molecule has 1 aromatic carbocycles. The number of ether oxygens (including phenoxy) is 4. The highest BCUT2D eigenvalue weighted by atomic mass is 16.6. The second-order valence-electron chi connectivity index (χ2n) is 12.4. The van der Waals surface area contributed by atoms with E-state index in [4.69, 9.17) is 28.9 Å². The predicted octanol–water partition coefficient (Wildman–Crippen LogP) is 3.64. The summed E-state index contributed by atoms with van der Waals surface area (Å²) in [5.74, 6) is 0.690. The Morgan fingerprint density at radius 2 is 1.83 bits per heavy atom. The van der Waals surface area contributed by atoms with Crippen LogP contribution in [0.5, 0.6) is 6.01 Å². The number of carbonyl (C=O) groups is 2. The summed E-state index contributed by atoms with van der Waals surface area (Å²) in [6.45, 7) is 8.07. The van der Waals surface area contributed by atoms with Crippen molar-refractivity contribution < 1.29 is 28.5 Å². The number of rotatable bonds is 14. The van der Waals surface area contributed by atoms with Gasteiger partial charge in [-0.3, -0.25) is 19.6 Å². The molecule has 0 N–H and O–H groups in total. The second-order valence-corrected chi connectivity index (χ2v) is 12.4. The number of aromatic nitrogens is 2. The van der Waals surface area contributed by atoms with Gasteiger partial charge in [0.1, 0.15) is 19.0 Å². The molecule has 3 atom stereocenters. The first-order valence-corrected chi connectivity index (χ1v) is 16.8. The fraction of sp³-hybridized carbons (Fsp3) is 0.618. The lowest BCUT2D eigenvalue weighted by Crippen LogP contribution is -2.56. The number of hydrogen-bond donors (Lipinski definition) is 0. The van der Waals surface area contributed by atoms with Crippen LogP contribution in [0.25, 0.3) is 0 Å². The molecule has 46 heavy (non-hydrogen) atoms. The summed E-state index contributed by atoms with van der Waals surface area (Å²) in [5, 5.41) is 0. The molecule has 1 aromatic heterocycles. The number of hydrogen-bond acceptors (Lipinski definition) is 11. The highest BCUT2D eigenvalue weighted by Gasteiger charge is 2.44. The van der Waals surface area contributed by atoms with Crippen molar-refractivity contribution >= 4 is 24.1 Å². The van der Waals surface area contributed by atoms with Crippen LogP contribution in [0.15, 0.2) is 35.3 Å². The monoisotopic (exact) mass is 634 g/mol. The van der Waals surface area contributed by atoms with E-state index in [1.54, 1.807) is 6.92 Å². The van der Waals surface area contributed by atoms with Gasteiger partial charge in [0.2, 0.25) is 0 Å². The summed E-state index contributed by atoms with van der Waals surface area (Å²) in [6, 6.07) is 10.6.